The average molecular weight is 219 g/mol. The summed E-state index contributed by atoms with van der Waals surface area (Å²) in [7, 11) is 1.28. The molecule has 16 heavy (non-hydrogen) atoms. The number of methoxy groups -OCH3 is 1. The topological polar surface area (TPSA) is 76.5 Å². The number of carbonyl (C=O) groups excluding carboxylic acids is 1. The number of aromatic carboxylic acids is 1. The predicted octanol–water partition coefficient (Wildman–Crippen LogP) is 0.694. The maximum absolute atomic E-state index is 10.7. The van der Waals surface area contributed by atoms with Crippen LogP contribution in [0.15, 0.2) is 18.3 Å². The summed E-state index contributed by atoms with van der Waals surface area (Å²) in [4.78, 5) is 24.9. The van der Waals surface area contributed by atoms with Gasteiger partial charge in [-0.1, -0.05) is 11.8 Å². The lowest BCUT2D eigenvalue weighted by atomic mass is 10.2. The number of rotatable bonds is 2. The van der Waals surface area contributed by atoms with Gasteiger partial charge in [0.25, 0.3) is 0 Å². The van der Waals surface area contributed by atoms with E-state index in [1.165, 1.54) is 25.4 Å². The molecule has 5 nitrogen and oxygen atoms in total. The zero-order valence-electron chi connectivity index (χ0n) is 8.56. The number of nitrogens with zero attached hydrogens (tertiary/aromatic N) is 1. The average Bonchev–Trinajstić information content (AvgIpc) is 2.29. The largest absolute Gasteiger partial charge is 0.477 e. The van der Waals surface area contributed by atoms with E-state index in [4.69, 9.17) is 5.11 Å². The highest BCUT2D eigenvalue weighted by Crippen LogP contribution is 1.98. The van der Waals surface area contributed by atoms with Gasteiger partial charge in [-0.15, -0.1) is 0 Å². The third-order valence-corrected chi connectivity index (χ3v) is 1.68. The first-order valence-electron chi connectivity index (χ1n) is 4.38. The molecular formula is C11H9NO4. The molecule has 0 saturated heterocycles. The molecule has 1 heterocycles. The Morgan fingerprint density at radius 3 is 2.75 bits per heavy atom. The zero-order chi connectivity index (χ0) is 12.0. The van der Waals surface area contributed by atoms with E-state index in [1.807, 2.05) is 0 Å². The monoisotopic (exact) mass is 219 g/mol. The molecule has 0 spiro atoms. The molecule has 0 aromatic carbocycles. The van der Waals surface area contributed by atoms with Gasteiger partial charge in [0.1, 0.15) is 12.1 Å². The Morgan fingerprint density at radius 1 is 1.50 bits per heavy atom. The van der Waals surface area contributed by atoms with Crippen LogP contribution < -0.4 is 0 Å². The second kappa shape index (κ2) is 5.51. The molecule has 0 atom stereocenters. The van der Waals surface area contributed by atoms with Crippen molar-refractivity contribution in [3.05, 3.63) is 29.6 Å². The standard InChI is InChI=1S/C11H9NO4/c1-16-10(13)4-2-3-8-5-6-9(11(14)15)12-7-8/h5-7H,4H2,1H3,(H,14,15). The maximum Gasteiger partial charge on any atom is 0.354 e. The number of pyridine rings is 1. The lowest BCUT2D eigenvalue weighted by molar-refractivity contribution is -0.139. The van der Waals surface area contributed by atoms with Crippen molar-refractivity contribution in [1.29, 1.82) is 0 Å². The summed E-state index contributed by atoms with van der Waals surface area (Å²) in [5.41, 5.74) is 0.507. The number of carboxylic acids is 1. The smallest absolute Gasteiger partial charge is 0.354 e. The van der Waals surface area contributed by atoms with Gasteiger partial charge < -0.3 is 9.84 Å². The summed E-state index contributed by atoms with van der Waals surface area (Å²) in [6, 6.07) is 2.88. The van der Waals surface area contributed by atoms with Crippen LogP contribution >= 0.6 is 0 Å². The fraction of sp³-hybridized carbons (Fsp3) is 0.182. The van der Waals surface area contributed by atoms with E-state index in [0.29, 0.717) is 5.56 Å². The lowest BCUT2D eigenvalue weighted by Gasteiger charge is -1.93. The van der Waals surface area contributed by atoms with Crippen LogP contribution in [0.25, 0.3) is 0 Å². The molecule has 0 saturated carbocycles. The number of ether oxygens (including phenoxy) is 1. The highest BCUT2D eigenvalue weighted by atomic mass is 16.5. The molecule has 1 N–H and O–H groups in total. The van der Waals surface area contributed by atoms with Crippen LogP contribution in [0.2, 0.25) is 0 Å². The molecule has 5 heteroatoms. The van der Waals surface area contributed by atoms with E-state index in [0.717, 1.165) is 0 Å². The molecule has 1 aromatic heterocycles. The van der Waals surface area contributed by atoms with Crippen LogP contribution in [0.3, 0.4) is 0 Å². The molecule has 1 rings (SSSR count). The Hall–Kier alpha value is -2.35. The summed E-state index contributed by atoms with van der Waals surface area (Å²) in [5, 5.41) is 8.60. The first kappa shape index (κ1) is 11.7. The van der Waals surface area contributed by atoms with Crippen molar-refractivity contribution in [2.24, 2.45) is 0 Å². The zero-order valence-corrected chi connectivity index (χ0v) is 8.56. The normalized spacial score (nSPS) is 8.81. The molecular weight excluding hydrogens is 210 g/mol. The molecule has 1 aromatic rings. The van der Waals surface area contributed by atoms with Crippen molar-refractivity contribution >= 4 is 11.9 Å². The van der Waals surface area contributed by atoms with Gasteiger partial charge in [0.15, 0.2) is 0 Å². The van der Waals surface area contributed by atoms with E-state index in [1.54, 1.807) is 0 Å². The van der Waals surface area contributed by atoms with E-state index in [-0.39, 0.29) is 12.1 Å². The van der Waals surface area contributed by atoms with Crippen LogP contribution in [0.5, 0.6) is 0 Å². The second-order valence-electron chi connectivity index (χ2n) is 2.79. The SMILES string of the molecule is COC(=O)CC#Cc1ccc(C(=O)O)nc1. The van der Waals surface area contributed by atoms with Gasteiger partial charge >= 0.3 is 11.9 Å². The van der Waals surface area contributed by atoms with Crippen molar-refractivity contribution in [3.8, 4) is 11.8 Å². The van der Waals surface area contributed by atoms with Crippen LogP contribution in [0.1, 0.15) is 22.5 Å². The van der Waals surface area contributed by atoms with Crippen molar-refractivity contribution in [2.75, 3.05) is 7.11 Å². The minimum absolute atomic E-state index is 0.00280. The van der Waals surface area contributed by atoms with E-state index in [9.17, 15) is 9.59 Å². The third kappa shape index (κ3) is 3.42. The van der Waals surface area contributed by atoms with Gasteiger partial charge in [0.2, 0.25) is 0 Å². The third-order valence-electron chi connectivity index (χ3n) is 1.68. The van der Waals surface area contributed by atoms with E-state index in [2.05, 4.69) is 21.6 Å². The second-order valence-corrected chi connectivity index (χ2v) is 2.79. The van der Waals surface area contributed by atoms with E-state index < -0.39 is 11.9 Å². The number of aromatic nitrogens is 1. The quantitative estimate of drug-likeness (QED) is 0.585. The molecule has 82 valence electrons. The van der Waals surface area contributed by atoms with Crippen LogP contribution in [0, 0.1) is 11.8 Å². The highest BCUT2D eigenvalue weighted by molar-refractivity contribution is 5.85. The van der Waals surface area contributed by atoms with Gasteiger partial charge in [-0.2, -0.15) is 0 Å². The predicted molar refractivity (Wildman–Crippen MR) is 54.7 cm³/mol. The van der Waals surface area contributed by atoms with Crippen LogP contribution in [-0.4, -0.2) is 29.1 Å². The fourth-order valence-corrected chi connectivity index (χ4v) is 0.885. The first-order valence-corrected chi connectivity index (χ1v) is 4.38. The number of esters is 1. The van der Waals surface area contributed by atoms with Gasteiger partial charge in [-0.3, -0.25) is 4.79 Å². The summed E-state index contributed by atoms with van der Waals surface area (Å²) < 4.78 is 4.40. The minimum Gasteiger partial charge on any atom is -0.477 e. The molecule has 0 aliphatic heterocycles. The summed E-state index contributed by atoms with van der Waals surface area (Å²) in [6.45, 7) is 0. The van der Waals surface area contributed by atoms with Gasteiger partial charge in [-0.25, -0.2) is 9.78 Å². The van der Waals surface area contributed by atoms with Crippen molar-refractivity contribution in [2.45, 2.75) is 6.42 Å². The van der Waals surface area contributed by atoms with Crippen molar-refractivity contribution < 1.29 is 19.4 Å². The number of carboxylic acid groups (broad SMARTS) is 1. The maximum atomic E-state index is 10.7. The van der Waals surface area contributed by atoms with Crippen LogP contribution in [0.4, 0.5) is 0 Å². The van der Waals surface area contributed by atoms with Crippen molar-refractivity contribution in [3.63, 3.8) is 0 Å². The molecule has 0 fully saturated rings. The Balaban J connectivity index is 2.68. The lowest BCUT2D eigenvalue weighted by Crippen LogP contribution is -1.99. The highest BCUT2D eigenvalue weighted by Gasteiger charge is 2.02. The van der Waals surface area contributed by atoms with Gasteiger partial charge in [-0.05, 0) is 12.1 Å². The van der Waals surface area contributed by atoms with Gasteiger partial charge in [0.05, 0.1) is 7.11 Å². The molecule has 0 amide bonds. The number of carbonyl (C=O) groups is 2. The Bertz CT molecular complexity index is 453. The first-order chi connectivity index (χ1) is 7.63. The minimum atomic E-state index is -1.09. The Labute approximate surface area is 92.1 Å². The van der Waals surface area contributed by atoms with E-state index >= 15 is 0 Å². The molecule has 0 radical (unpaired) electrons. The molecule has 0 unspecified atom stereocenters. The summed E-state index contributed by atoms with van der Waals surface area (Å²) >= 11 is 0. The summed E-state index contributed by atoms with van der Waals surface area (Å²) in [6.07, 6.45) is 1.34. The molecule has 0 aliphatic rings. The molecule has 0 bridgehead atoms. The number of hydrogen-bond acceptors (Lipinski definition) is 4. The van der Waals surface area contributed by atoms with Crippen molar-refractivity contribution in [1.82, 2.24) is 4.98 Å². The Kier molecular flexibility index (Phi) is 4.04. The van der Waals surface area contributed by atoms with Gasteiger partial charge in [0, 0.05) is 11.8 Å². The van der Waals surface area contributed by atoms with Crippen LogP contribution in [-0.2, 0) is 9.53 Å². The number of hydrogen-bond donors (Lipinski definition) is 1. The molecule has 0 aliphatic carbocycles. The fourth-order valence-electron chi connectivity index (χ4n) is 0.885. The Morgan fingerprint density at radius 2 is 2.25 bits per heavy atom. The summed E-state index contributed by atoms with van der Waals surface area (Å²) in [5.74, 6) is 3.76.